The number of benzene rings is 2. The van der Waals surface area contributed by atoms with Gasteiger partial charge < -0.3 is 5.32 Å². The van der Waals surface area contributed by atoms with E-state index in [1.807, 2.05) is 0 Å². The van der Waals surface area contributed by atoms with Gasteiger partial charge in [-0.2, -0.15) is 0 Å². The van der Waals surface area contributed by atoms with Gasteiger partial charge in [0.25, 0.3) is 0 Å². The van der Waals surface area contributed by atoms with Crippen LogP contribution in [-0.2, 0) is 12.8 Å². The van der Waals surface area contributed by atoms with Gasteiger partial charge in [-0.15, -0.1) is 0 Å². The molecule has 2 aliphatic rings. The maximum Gasteiger partial charge on any atom is 0.130 e. The smallest absolute Gasteiger partial charge is 0.130 e. The van der Waals surface area contributed by atoms with Crippen LogP contribution in [0.1, 0.15) is 34.4 Å². The van der Waals surface area contributed by atoms with Gasteiger partial charge >= 0.3 is 0 Å². The molecule has 1 aliphatic heterocycles. The molecule has 3 aromatic rings. The van der Waals surface area contributed by atoms with Crippen LogP contribution in [0.5, 0.6) is 0 Å². The van der Waals surface area contributed by atoms with Gasteiger partial charge in [0.15, 0.2) is 0 Å². The summed E-state index contributed by atoms with van der Waals surface area (Å²) < 4.78 is 0. The Morgan fingerprint density at radius 3 is 2.46 bits per heavy atom. The van der Waals surface area contributed by atoms with Crippen LogP contribution in [0.4, 0.5) is 0 Å². The van der Waals surface area contributed by atoms with Gasteiger partial charge in [0.2, 0.25) is 0 Å². The van der Waals surface area contributed by atoms with E-state index in [1.165, 1.54) is 52.6 Å². The van der Waals surface area contributed by atoms with E-state index in [4.69, 9.17) is 4.98 Å². The van der Waals surface area contributed by atoms with Crippen LogP contribution in [0.15, 0.2) is 53.5 Å². The average Bonchev–Trinajstić information content (AvgIpc) is 3.40. The zero-order chi connectivity index (χ0) is 19.1. The topological polar surface area (TPSA) is 37.3 Å². The molecule has 0 amide bonds. The fourth-order valence-electron chi connectivity index (χ4n) is 4.62. The van der Waals surface area contributed by atoms with Gasteiger partial charge in [0, 0.05) is 23.4 Å². The van der Waals surface area contributed by atoms with Gasteiger partial charge in [0.05, 0.1) is 12.2 Å². The second-order valence-corrected chi connectivity index (χ2v) is 7.76. The largest absolute Gasteiger partial charge is 0.368 e. The Bertz CT molecular complexity index is 1090. The van der Waals surface area contributed by atoms with E-state index in [0.717, 1.165) is 35.9 Å². The first kappa shape index (κ1) is 17.2. The SMILES string of the molecule is Cc1nc(-c2cccc(-c3cccc4c3CCC4)c2C)ccc1C1=NCCN1. The molecule has 3 heteroatoms. The number of fused-ring (bicyclic) bond motifs is 1. The Balaban J connectivity index is 1.58. The van der Waals surface area contributed by atoms with E-state index in [1.54, 1.807) is 0 Å². The summed E-state index contributed by atoms with van der Waals surface area (Å²) >= 11 is 0. The summed E-state index contributed by atoms with van der Waals surface area (Å²) in [4.78, 5) is 9.47. The molecule has 140 valence electrons. The van der Waals surface area contributed by atoms with E-state index in [2.05, 4.69) is 72.7 Å². The zero-order valence-electron chi connectivity index (χ0n) is 16.5. The summed E-state index contributed by atoms with van der Waals surface area (Å²) in [6.07, 6.45) is 3.67. The number of hydrogen-bond acceptors (Lipinski definition) is 3. The molecular weight excluding hydrogens is 342 g/mol. The van der Waals surface area contributed by atoms with E-state index in [0.29, 0.717) is 0 Å². The molecule has 2 heterocycles. The molecule has 1 N–H and O–H groups in total. The van der Waals surface area contributed by atoms with E-state index in [-0.39, 0.29) is 0 Å². The lowest BCUT2D eigenvalue weighted by Gasteiger charge is -2.15. The number of pyridine rings is 1. The lowest BCUT2D eigenvalue weighted by molar-refractivity contribution is 0.912. The minimum Gasteiger partial charge on any atom is -0.368 e. The highest BCUT2D eigenvalue weighted by Crippen LogP contribution is 2.37. The average molecular weight is 367 g/mol. The standard InChI is InChI=1S/C25H25N3/c1-16-19(23-11-4-7-18-6-3-10-22(18)23)8-5-9-20(16)24-13-12-21(17(2)28-24)25-26-14-15-27-25/h4-5,7-9,11-13H,3,6,10,14-15H2,1-2H3,(H,26,27). The first-order valence-electron chi connectivity index (χ1n) is 10.2. The zero-order valence-corrected chi connectivity index (χ0v) is 16.5. The van der Waals surface area contributed by atoms with Crippen LogP contribution in [0.3, 0.4) is 0 Å². The van der Waals surface area contributed by atoms with Gasteiger partial charge in [-0.25, -0.2) is 0 Å². The molecule has 2 aromatic carbocycles. The summed E-state index contributed by atoms with van der Waals surface area (Å²) in [7, 11) is 0. The number of aliphatic imine (C=N–C) groups is 1. The van der Waals surface area contributed by atoms with Gasteiger partial charge in [-0.1, -0.05) is 36.4 Å². The minimum absolute atomic E-state index is 0.846. The van der Waals surface area contributed by atoms with Gasteiger partial charge in [-0.3, -0.25) is 9.98 Å². The molecule has 1 aromatic heterocycles. The fourth-order valence-corrected chi connectivity index (χ4v) is 4.62. The molecule has 1 aliphatic carbocycles. The lowest BCUT2D eigenvalue weighted by atomic mass is 9.90. The van der Waals surface area contributed by atoms with E-state index < -0.39 is 0 Å². The maximum atomic E-state index is 4.94. The highest BCUT2D eigenvalue weighted by molar-refractivity contribution is 6.00. The Labute approximate surface area is 166 Å². The molecular formula is C25H25N3. The fraction of sp³-hybridized carbons (Fsp3) is 0.280. The van der Waals surface area contributed by atoms with Crippen molar-refractivity contribution in [2.45, 2.75) is 33.1 Å². The molecule has 0 saturated carbocycles. The Hall–Kier alpha value is -2.94. The second-order valence-electron chi connectivity index (χ2n) is 7.76. The van der Waals surface area contributed by atoms with Crippen molar-refractivity contribution < 1.29 is 0 Å². The van der Waals surface area contributed by atoms with Crippen molar-refractivity contribution in [2.75, 3.05) is 13.1 Å². The van der Waals surface area contributed by atoms with Crippen molar-refractivity contribution in [3.05, 3.63) is 76.5 Å². The molecule has 0 bridgehead atoms. The molecule has 3 nitrogen and oxygen atoms in total. The minimum atomic E-state index is 0.846. The van der Waals surface area contributed by atoms with Crippen molar-refractivity contribution in [3.8, 4) is 22.4 Å². The first-order valence-corrected chi connectivity index (χ1v) is 10.2. The van der Waals surface area contributed by atoms with Crippen molar-refractivity contribution in [1.29, 1.82) is 0 Å². The van der Waals surface area contributed by atoms with Crippen LogP contribution in [0.25, 0.3) is 22.4 Å². The van der Waals surface area contributed by atoms with Crippen LogP contribution in [-0.4, -0.2) is 23.9 Å². The molecule has 28 heavy (non-hydrogen) atoms. The number of nitrogens with zero attached hydrogens (tertiary/aromatic N) is 2. The third-order valence-electron chi connectivity index (χ3n) is 6.06. The Kier molecular flexibility index (Phi) is 4.23. The molecule has 0 unspecified atom stereocenters. The number of amidine groups is 1. The normalized spacial score (nSPS) is 15.3. The van der Waals surface area contributed by atoms with Crippen molar-refractivity contribution in [1.82, 2.24) is 10.3 Å². The van der Waals surface area contributed by atoms with Crippen LogP contribution < -0.4 is 5.32 Å². The second kappa shape index (κ2) is 6.90. The predicted octanol–water partition coefficient (Wildman–Crippen LogP) is 4.87. The molecule has 0 saturated heterocycles. The first-order chi connectivity index (χ1) is 13.7. The maximum absolute atomic E-state index is 4.94. The molecule has 0 fully saturated rings. The third-order valence-corrected chi connectivity index (χ3v) is 6.06. The molecule has 5 rings (SSSR count). The van der Waals surface area contributed by atoms with Crippen LogP contribution in [0, 0.1) is 13.8 Å². The van der Waals surface area contributed by atoms with Crippen molar-refractivity contribution >= 4 is 5.84 Å². The van der Waals surface area contributed by atoms with Gasteiger partial charge in [0.1, 0.15) is 5.84 Å². The molecule has 0 radical (unpaired) electrons. The summed E-state index contributed by atoms with van der Waals surface area (Å²) in [5, 5.41) is 3.35. The highest BCUT2D eigenvalue weighted by Gasteiger charge is 2.18. The molecule has 0 atom stereocenters. The van der Waals surface area contributed by atoms with E-state index in [9.17, 15) is 0 Å². The summed E-state index contributed by atoms with van der Waals surface area (Å²) in [6, 6.07) is 17.7. The van der Waals surface area contributed by atoms with Gasteiger partial charge in [-0.05, 0) is 73.1 Å². The highest BCUT2D eigenvalue weighted by atomic mass is 15.1. The van der Waals surface area contributed by atoms with Crippen LogP contribution >= 0.6 is 0 Å². The summed E-state index contributed by atoms with van der Waals surface area (Å²) in [5.74, 6) is 0.974. The Morgan fingerprint density at radius 2 is 1.64 bits per heavy atom. The Morgan fingerprint density at radius 1 is 0.821 bits per heavy atom. The quantitative estimate of drug-likeness (QED) is 0.717. The monoisotopic (exact) mass is 367 g/mol. The number of nitrogens with one attached hydrogen (secondary N) is 1. The number of aromatic nitrogens is 1. The third kappa shape index (κ3) is 2.82. The van der Waals surface area contributed by atoms with Crippen molar-refractivity contribution in [3.63, 3.8) is 0 Å². The van der Waals surface area contributed by atoms with Crippen LogP contribution in [0.2, 0.25) is 0 Å². The number of aryl methyl sites for hydroxylation is 2. The van der Waals surface area contributed by atoms with E-state index >= 15 is 0 Å². The van der Waals surface area contributed by atoms with Crippen molar-refractivity contribution in [2.24, 2.45) is 4.99 Å². The number of hydrogen-bond donors (Lipinski definition) is 1. The summed E-state index contributed by atoms with van der Waals surface area (Å²) in [5.41, 5.74) is 11.5. The predicted molar refractivity (Wildman–Crippen MR) is 116 cm³/mol. The summed E-state index contributed by atoms with van der Waals surface area (Å²) in [6.45, 7) is 6.06. The lowest BCUT2D eigenvalue weighted by Crippen LogP contribution is -2.20. The number of rotatable bonds is 3. The molecule has 0 spiro atoms.